The van der Waals surface area contributed by atoms with E-state index in [0.717, 1.165) is 14.5 Å². The molecular formula is C10H9BrN2OS. The highest BCUT2D eigenvalue weighted by molar-refractivity contribution is 9.11. The van der Waals surface area contributed by atoms with Gasteiger partial charge in [-0.3, -0.25) is 0 Å². The van der Waals surface area contributed by atoms with Crippen LogP contribution in [0.3, 0.4) is 0 Å². The summed E-state index contributed by atoms with van der Waals surface area (Å²) >= 11 is 5.12. The summed E-state index contributed by atoms with van der Waals surface area (Å²) in [7, 11) is 1.98. The van der Waals surface area contributed by atoms with E-state index in [-0.39, 0.29) is 0 Å². The predicted octanol–water partition coefficient (Wildman–Crippen LogP) is 2.77. The molecule has 5 heteroatoms. The van der Waals surface area contributed by atoms with Gasteiger partial charge >= 0.3 is 0 Å². The Balaban J connectivity index is 2.02. The van der Waals surface area contributed by atoms with Crippen molar-refractivity contribution >= 4 is 27.3 Å². The van der Waals surface area contributed by atoms with E-state index in [1.807, 2.05) is 17.9 Å². The zero-order valence-corrected chi connectivity index (χ0v) is 10.5. The Hall–Kier alpha value is -0.810. The Morgan fingerprint density at radius 1 is 1.67 bits per heavy atom. The van der Waals surface area contributed by atoms with Gasteiger partial charge in [0.1, 0.15) is 6.61 Å². The molecule has 0 aromatic carbocycles. The number of hydrogen-bond acceptors (Lipinski definition) is 3. The van der Waals surface area contributed by atoms with E-state index in [4.69, 9.17) is 4.74 Å². The Labute approximate surface area is 99.8 Å². The van der Waals surface area contributed by atoms with Crippen LogP contribution in [0.15, 0.2) is 22.4 Å². The first kappa shape index (κ1) is 9.42. The predicted molar refractivity (Wildman–Crippen MR) is 62.6 cm³/mol. The lowest BCUT2D eigenvalue weighted by Crippen LogP contribution is -2.02. The summed E-state index contributed by atoms with van der Waals surface area (Å²) < 4.78 is 8.72. The molecule has 2 aromatic rings. The fourth-order valence-electron chi connectivity index (χ4n) is 1.82. The highest BCUT2D eigenvalue weighted by Gasteiger charge is 2.29. The number of ether oxygens (including phenoxy) is 1. The van der Waals surface area contributed by atoms with Crippen molar-refractivity contribution in [2.75, 3.05) is 6.61 Å². The molecule has 0 N–H and O–H groups in total. The van der Waals surface area contributed by atoms with Crippen molar-refractivity contribution in [3.8, 4) is 5.06 Å². The largest absolute Gasteiger partial charge is 0.483 e. The Morgan fingerprint density at radius 2 is 2.53 bits per heavy atom. The normalized spacial score (nSPS) is 18.9. The summed E-state index contributed by atoms with van der Waals surface area (Å²) in [5.41, 5.74) is 2.34. The van der Waals surface area contributed by atoms with Crippen LogP contribution >= 0.6 is 27.3 Å². The second-order valence-electron chi connectivity index (χ2n) is 3.62. The zero-order chi connectivity index (χ0) is 10.4. The Morgan fingerprint density at radius 3 is 3.27 bits per heavy atom. The van der Waals surface area contributed by atoms with E-state index < -0.39 is 0 Å². The average Bonchev–Trinajstić information content (AvgIpc) is 2.80. The minimum atomic E-state index is 0.295. The van der Waals surface area contributed by atoms with Crippen molar-refractivity contribution in [1.82, 2.24) is 9.55 Å². The minimum Gasteiger partial charge on any atom is -0.483 e. The number of aromatic nitrogens is 2. The lowest BCUT2D eigenvalue weighted by Gasteiger charge is -2.02. The molecule has 0 spiro atoms. The highest BCUT2D eigenvalue weighted by Crippen LogP contribution is 2.45. The first-order valence-electron chi connectivity index (χ1n) is 4.64. The standard InChI is InChI=1S/C10H9BrN2OS/c1-13-3-8(12-5-13)7-4-14-10-6(7)2-9(11)15-10/h2-3,5,7H,4H2,1H3. The van der Waals surface area contributed by atoms with Crippen LogP contribution in [0.5, 0.6) is 5.06 Å². The number of hydrogen-bond donors (Lipinski definition) is 0. The van der Waals surface area contributed by atoms with Gasteiger partial charge in [0.25, 0.3) is 0 Å². The van der Waals surface area contributed by atoms with Crippen LogP contribution in [-0.2, 0) is 7.05 Å². The smallest absolute Gasteiger partial charge is 0.178 e. The number of rotatable bonds is 1. The van der Waals surface area contributed by atoms with Crippen molar-refractivity contribution < 1.29 is 4.74 Å². The van der Waals surface area contributed by atoms with E-state index in [9.17, 15) is 0 Å². The van der Waals surface area contributed by atoms with Crippen LogP contribution in [0.2, 0.25) is 0 Å². The van der Waals surface area contributed by atoms with E-state index in [2.05, 4.69) is 33.2 Å². The lowest BCUT2D eigenvalue weighted by molar-refractivity contribution is 0.349. The molecule has 2 aromatic heterocycles. The lowest BCUT2D eigenvalue weighted by atomic mass is 10.0. The first-order chi connectivity index (χ1) is 7.24. The fourth-order valence-corrected chi connectivity index (χ4v) is 3.32. The van der Waals surface area contributed by atoms with Gasteiger partial charge < -0.3 is 9.30 Å². The number of imidazole rings is 1. The second kappa shape index (κ2) is 3.35. The van der Waals surface area contributed by atoms with Gasteiger partial charge in [-0.1, -0.05) is 11.3 Å². The van der Waals surface area contributed by atoms with Gasteiger partial charge in [0.15, 0.2) is 5.06 Å². The molecule has 3 rings (SSSR count). The molecule has 1 aliphatic rings. The van der Waals surface area contributed by atoms with Crippen LogP contribution in [0.1, 0.15) is 17.2 Å². The third-order valence-electron chi connectivity index (χ3n) is 2.53. The van der Waals surface area contributed by atoms with Crippen molar-refractivity contribution in [3.63, 3.8) is 0 Å². The van der Waals surface area contributed by atoms with Crippen LogP contribution in [0.25, 0.3) is 0 Å². The minimum absolute atomic E-state index is 0.295. The summed E-state index contributed by atoms with van der Waals surface area (Å²) in [6.07, 6.45) is 3.88. The first-order valence-corrected chi connectivity index (χ1v) is 6.25. The maximum Gasteiger partial charge on any atom is 0.178 e. The average molecular weight is 285 g/mol. The van der Waals surface area contributed by atoms with Crippen molar-refractivity contribution in [2.24, 2.45) is 7.05 Å². The summed E-state index contributed by atoms with van der Waals surface area (Å²) in [6, 6.07) is 2.13. The van der Waals surface area contributed by atoms with E-state index in [1.54, 1.807) is 11.3 Å². The monoisotopic (exact) mass is 284 g/mol. The molecule has 0 saturated heterocycles. The van der Waals surface area contributed by atoms with Crippen LogP contribution in [-0.4, -0.2) is 16.2 Å². The molecule has 0 bridgehead atoms. The second-order valence-corrected chi connectivity index (χ2v) is 6.01. The molecule has 0 radical (unpaired) electrons. The van der Waals surface area contributed by atoms with Crippen molar-refractivity contribution in [2.45, 2.75) is 5.92 Å². The zero-order valence-electron chi connectivity index (χ0n) is 8.11. The van der Waals surface area contributed by atoms with E-state index in [1.165, 1.54) is 5.56 Å². The molecule has 15 heavy (non-hydrogen) atoms. The number of nitrogens with zero attached hydrogens (tertiary/aromatic N) is 2. The summed E-state index contributed by atoms with van der Waals surface area (Å²) in [5.74, 6) is 0.295. The number of fused-ring (bicyclic) bond motifs is 1. The van der Waals surface area contributed by atoms with E-state index >= 15 is 0 Å². The van der Waals surface area contributed by atoms with Gasteiger partial charge in [0.2, 0.25) is 0 Å². The molecule has 0 amide bonds. The molecule has 0 aliphatic carbocycles. The number of thiophene rings is 1. The van der Waals surface area contributed by atoms with Gasteiger partial charge in [0.05, 0.1) is 21.7 Å². The maximum absolute atomic E-state index is 5.63. The van der Waals surface area contributed by atoms with Gasteiger partial charge in [-0.2, -0.15) is 0 Å². The Kier molecular flexibility index (Phi) is 2.10. The SMILES string of the molecule is Cn1cnc(C2COc3sc(Br)cc32)c1. The third-order valence-corrected chi connectivity index (χ3v) is 4.10. The molecule has 3 heterocycles. The van der Waals surface area contributed by atoms with Gasteiger partial charge in [-0.15, -0.1) is 0 Å². The fraction of sp³-hybridized carbons (Fsp3) is 0.300. The summed E-state index contributed by atoms with van der Waals surface area (Å²) in [5, 5.41) is 1.03. The molecule has 1 unspecified atom stereocenters. The van der Waals surface area contributed by atoms with Crippen LogP contribution < -0.4 is 4.74 Å². The molecule has 78 valence electrons. The van der Waals surface area contributed by atoms with Crippen molar-refractivity contribution in [1.29, 1.82) is 0 Å². The van der Waals surface area contributed by atoms with Crippen molar-refractivity contribution in [3.05, 3.63) is 33.6 Å². The molecule has 0 fully saturated rings. The molecule has 3 nitrogen and oxygen atoms in total. The van der Waals surface area contributed by atoms with Crippen LogP contribution in [0.4, 0.5) is 0 Å². The third kappa shape index (κ3) is 1.50. The van der Waals surface area contributed by atoms with Gasteiger partial charge in [-0.05, 0) is 22.0 Å². The topological polar surface area (TPSA) is 27.1 Å². The summed E-state index contributed by atoms with van der Waals surface area (Å²) in [6.45, 7) is 0.714. The molecule has 1 atom stereocenters. The number of halogens is 1. The quantitative estimate of drug-likeness (QED) is 0.805. The summed E-state index contributed by atoms with van der Waals surface area (Å²) in [4.78, 5) is 4.38. The van der Waals surface area contributed by atoms with Gasteiger partial charge in [0, 0.05) is 18.8 Å². The molecule has 1 aliphatic heterocycles. The van der Waals surface area contributed by atoms with E-state index in [0.29, 0.717) is 12.5 Å². The Bertz CT molecular complexity index is 505. The number of aryl methyl sites for hydroxylation is 1. The highest BCUT2D eigenvalue weighted by atomic mass is 79.9. The molecule has 0 saturated carbocycles. The van der Waals surface area contributed by atoms with Gasteiger partial charge in [-0.25, -0.2) is 4.98 Å². The van der Waals surface area contributed by atoms with Crippen LogP contribution in [0, 0.1) is 0 Å². The molecular weight excluding hydrogens is 276 g/mol. The maximum atomic E-state index is 5.63.